The number of benzene rings is 1. The van der Waals surface area contributed by atoms with Crippen LogP contribution in [0.15, 0.2) is 47.1 Å². The molecule has 0 spiro atoms. The summed E-state index contributed by atoms with van der Waals surface area (Å²) in [6.45, 7) is 0.727. The number of carbonyl (C=O) groups is 1. The van der Waals surface area contributed by atoms with Gasteiger partial charge in [0.05, 0.1) is 34.6 Å². The molecule has 0 bridgehead atoms. The van der Waals surface area contributed by atoms with Gasteiger partial charge in [0.1, 0.15) is 5.76 Å². The van der Waals surface area contributed by atoms with E-state index in [1.165, 1.54) is 4.70 Å². The largest absolute Gasteiger partial charge is 0.467 e. The van der Waals surface area contributed by atoms with Gasteiger partial charge in [-0.1, -0.05) is 18.1 Å². The maximum Gasteiger partial charge on any atom is 0.223 e. The highest BCUT2D eigenvalue weighted by atomic mass is 32.1. The van der Waals surface area contributed by atoms with Crippen molar-refractivity contribution in [2.45, 2.75) is 32.2 Å². The summed E-state index contributed by atoms with van der Waals surface area (Å²) in [5.74, 6) is 3.36. The molecule has 0 fully saturated rings. The molecule has 0 unspecified atom stereocenters. The van der Waals surface area contributed by atoms with Crippen molar-refractivity contribution in [3.05, 3.63) is 53.4 Å². The summed E-state index contributed by atoms with van der Waals surface area (Å²) in [5.41, 5.74) is 1.05. The summed E-state index contributed by atoms with van der Waals surface area (Å²) in [6.07, 6.45) is 10.1. The summed E-state index contributed by atoms with van der Waals surface area (Å²) in [5, 5.41) is 1.13. The van der Waals surface area contributed by atoms with Gasteiger partial charge in [-0.3, -0.25) is 4.79 Å². The van der Waals surface area contributed by atoms with Crippen LogP contribution in [0.5, 0.6) is 0 Å². The molecule has 0 radical (unpaired) electrons. The average Bonchev–Trinajstić information content (AvgIpc) is 3.27. The highest BCUT2D eigenvalue weighted by Crippen LogP contribution is 2.23. The molecule has 1 amide bonds. The predicted octanol–water partition coefficient (Wildman–Crippen LogP) is 4.26. The Hall–Kier alpha value is -2.58. The molecule has 0 atom stereocenters. The molecule has 0 N–H and O–H groups in total. The number of para-hydroxylation sites is 1. The third-order valence-electron chi connectivity index (χ3n) is 3.93. The molecule has 0 saturated carbocycles. The third-order valence-corrected chi connectivity index (χ3v) is 5.03. The molecule has 1 aromatic carbocycles. The molecule has 0 aliphatic rings. The lowest BCUT2D eigenvalue weighted by Gasteiger charge is -2.18. The van der Waals surface area contributed by atoms with E-state index >= 15 is 0 Å². The maximum absolute atomic E-state index is 12.4. The molecule has 3 rings (SSSR count). The fourth-order valence-electron chi connectivity index (χ4n) is 2.67. The van der Waals surface area contributed by atoms with E-state index < -0.39 is 0 Å². The Morgan fingerprint density at radius 1 is 1.24 bits per heavy atom. The molecule has 3 aromatic rings. The van der Waals surface area contributed by atoms with Crippen LogP contribution in [0.4, 0.5) is 0 Å². The Morgan fingerprint density at radius 3 is 2.88 bits per heavy atom. The van der Waals surface area contributed by atoms with E-state index in [1.807, 2.05) is 30.3 Å². The first kappa shape index (κ1) is 17.2. The Balaban J connectivity index is 1.46. The lowest BCUT2D eigenvalue weighted by atomic mass is 10.2. The van der Waals surface area contributed by atoms with Crippen molar-refractivity contribution in [2.24, 2.45) is 0 Å². The highest BCUT2D eigenvalue weighted by Gasteiger charge is 2.14. The van der Waals surface area contributed by atoms with Crippen molar-refractivity contribution < 1.29 is 9.21 Å². The number of unbranched alkanes of at least 4 members (excludes halogenated alkanes) is 1. The van der Waals surface area contributed by atoms with E-state index in [2.05, 4.69) is 17.0 Å². The van der Waals surface area contributed by atoms with Crippen LogP contribution < -0.4 is 0 Å². The first-order chi connectivity index (χ1) is 12.3. The number of carbonyl (C=O) groups excluding carboxylic acids is 1. The van der Waals surface area contributed by atoms with E-state index in [4.69, 9.17) is 10.8 Å². The van der Waals surface area contributed by atoms with Crippen molar-refractivity contribution in [3.8, 4) is 12.3 Å². The lowest BCUT2D eigenvalue weighted by Crippen LogP contribution is -2.30. The molecular formula is C20H20N2O2S. The van der Waals surface area contributed by atoms with Crippen LogP contribution in [0.1, 0.15) is 30.0 Å². The van der Waals surface area contributed by atoms with Gasteiger partial charge in [-0.25, -0.2) is 4.98 Å². The molecule has 25 heavy (non-hydrogen) atoms. The van der Waals surface area contributed by atoms with E-state index in [-0.39, 0.29) is 5.91 Å². The van der Waals surface area contributed by atoms with Gasteiger partial charge < -0.3 is 9.32 Å². The van der Waals surface area contributed by atoms with Crippen LogP contribution in [0.3, 0.4) is 0 Å². The molecule has 5 heteroatoms. The maximum atomic E-state index is 12.4. The first-order valence-corrected chi connectivity index (χ1v) is 9.16. The predicted molar refractivity (Wildman–Crippen MR) is 100 cm³/mol. The zero-order valence-electron chi connectivity index (χ0n) is 14.0. The summed E-state index contributed by atoms with van der Waals surface area (Å²) in [6, 6.07) is 11.8. The van der Waals surface area contributed by atoms with E-state index in [0.717, 1.165) is 35.5 Å². The summed E-state index contributed by atoms with van der Waals surface area (Å²) in [4.78, 5) is 18.7. The van der Waals surface area contributed by atoms with Crippen molar-refractivity contribution in [2.75, 3.05) is 6.54 Å². The molecule has 128 valence electrons. The van der Waals surface area contributed by atoms with E-state index in [1.54, 1.807) is 22.5 Å². The number of amides is 1. The molecule has 0 aliphatic heterocycles. The minimum atomic E-state index is 0.0682. The number of nitrogens with zero attached hydrogens (tertiary/aromatic N) is 2. The Bertz CT molecular complexity index is 828. The van der Waals surface area contributed by atoms with Gasteiger partial charge in [0, 0.05) is 6.42 Å². The smallest absolute Gasteiger partial charge is 0.223 e. The van der Waals surface area contributed by atoms with Crippen molar-refractivity contribution in [3.63, 3.8) is 0 Å². The lowest BCUT2D eigenvalue weighted by molar-refractivity contribution is -0.131. The number of furan rings is 1. The normalized spacial score (nSPS) is 10.7. The quantitative estimate of drug-likeness (QED) is 0.449. The van der Waals surface area contributed by atoms with Crippen LogP contribution >= 0.6 is 11.3 Å². The van der Waals surface area contributed by atoms with Gasteiger partial charge in [-0.05, 0) is 43.5 Å². The zero-order valence-corrected chi connectivity index (χ0v) is 14.8. The van der Waals surface area contributed by atoms with Crippen molar-refractivity contribution in [1.82, 2.24) is 9.88 Å². The van der Waals surface area contributed by atoms with E-state index in [9.17, 15) is 4.79 Å². The van der Waals surface area contributed by atoms with Crippen molar-refractivity contribution in [1.29, 1.82) is 0 Å². The van der Waals surface area contributed by atoms with E-state index in [0.29, 0.717) is 19.5 Å². The SMILES string of the molecule is C#CCN(Cc1ccco1)C(=O)CCCCc1nc2ccccc2s1. The summed E-state index contributed by atoms with van der Waals surface area (Å²) >= 11 is 1.73. The number of thiazole rings is 1. The van der Waals surface area contributed by atoms with Crippen LogP contribution in [-0.2, 0) is 17.8 Å². The minimum absolute atomic E-state index is 0.0682. The van der Waals surface area contributed by atoms with Crippen LogP contribution in [0, 0.1) is 12.3 Å². The molecule has 4 nitrogen and oxygen atoms in total. The fourth-order valence-corrected chi connectivity index (χ4v) is 3.68. The third kappa shape index (κ3) is 4.71. The van der Waals surface area contributed by atoms with Crippen LogP contribution in [-0.4, -0.2) is 22.3 Å². The first-order valence-electron chi connectivity index (χ1n) is 8.34. The fraction of sp³-hybridized carbons (Fsp3) is 0.300. The second kappa shape index (κ2) is 8.50. The molecular weight excluding hydrogens is 332 g/mol. The molecule has 0 saturated heterocycles. The highest BCUT2D eigenvalue weighted by molar-refractivity contribution is 7.18. The second-order valence-corrected chi connectivity index (χ2v) is 6.93. The van der Waals surface area contributed by atoms with Gasteiger partial charge >= 0.3 is 0 Å². The number of rotatable bonds is 8. The Morgan fingerprint density at radius 2 is 2.12 bits per heavy atom. The summed E-state index contributed by atoms with van der Waals surface area (Å²) in [7, 11) is 0. The summed E-state index contributed by atoms with van der Waals surface area (Å²) < 4.78 is 6.52. The number of terminal acetylenes is 1. The zero-order chi connectivity index (χ0) is 17.5. The van der Waals surface area contributed by atoms with Gasteiger partial charge in [0.15, 0.2) is 0 Å². The Kier molecular flexibility index (Phi) is 5.86. The monoisotopic (exact) mass is 352 g/mol. The van der Waals surface area contributed by atoms with Crippen molar-refractivity contribution >= 4 is 27.5 Å². The van der Waals surface area contributed by atoms with Gasteiger partial charge in [0.2, 0.25) is 5.91 Å². The van der Waals surface area contributed by atoms with Crippen LogP contribution in [0.2, 0.25) is 0 Å². The minimum Gasteiger partial charge on any atom is -0.467 e. The van der Waals surface area contributed by atoms with Gasteiger partial charge in [0.25, 0.3) is 0 Å². The Labute approximate surface area is 151 Å². The second-order valence-electron chi connectivity index (χ2n) is 5.82. The number of fused-ring (bicyclic) bond motifs is 1. The molecule has 2 heterocycles. The number of hydrogen-bond donors (Lipinski definition) is 0. The van der Waals surface area contributed by atoms with Crippen LogP contribution in [0.25, 0.3) is 10.2 Å². The topological polar surface area (TPSA) is 46.3 Å². The number of aryl methyl sites for hydroxylation is 1. The average molecular weight is 352 g/mol. The standard InChI is InChI=1S/C20H20N2O2S/c1-2-13-22(15-16-8-7-14-24-16)20(23)12-6-5-11-19-21-17-9-3-4-10-18(17)25-19/h1,3-4,7-10,14H,5-6,11-13,15H2. The molecule has 0 aliphatic carbocycles. The number of hydrogen-bond acceptors (Lipinski definition) is 4. The number of aromatic nitrogens is 1. The molecule has 2 aromatic heterocycles. The van der Waals surface area contributed by atoms with Gasteiger partial charge in [-0.2, -0.15) is 0 Å². The van der Waals surface area contributed by atoms with Gasteiger partial charge in [-0.15, -0.1) is 17.8 Å².